The Morgan fingerprint density at radius 1 is 1.10 bits per heavy atom. The van der Waals surface area contributed by atoms with Crippen LogP contribution in [0.25, 0.3) is 0 Å². The quantitative estimate of drug-likeness (QED) is 0.768. The van der Waals surface area contributed by atoms with Crippen molar-refractivity contribution in [3.63, 3.8) is 0 Å². The lowest BCUT2D eigenvalue weighted by Crippen LogP contribution is -2.50. The second-order valence-electron chi connectivity index (χ2n) is 8.53. The summed E-state index contributed by atoms with van der Waals surface area (Å²) in [5.74, 6) is 1.57. The van der Waals surface area contributed by atoms with Gasteiger partial charge in [-0.1, -0.05) is 48.3 Å². The Kier molecular flexibility index (Phi) is 6.60. The minimum atomic E-state index is -0.0971. The number of aromatic nitrogens is 2. The number of carbonyl (C=O) groups excluding carboxylic acids is 1. The molecule has 2 aliphatic heterocycles. The van der Waals surface area contributed by atoms with Gasteiger partial charge in [-0.25, -0.2) is 0 Å². The van der Waals surface area contributed by atoms with Gasteiger partial charge in [0, 0.05) is 6.54 Å². The molecule has 2 aliphatic rings. The predicted molar refractivity (Wildman–Crippen MR) is 111 cm³/mol. The minimum Gasteiger partial charge on any atom is -0.343 e. The molecule has 2 atom stereocenters. The molecule has 6 nitrogen and oxygen atoms in total. The Bertz CT molecular complexity index is 756. The Morgan fingerprint density at radius 3 is 2.62 bits per heavy atom. The molecule has 0 saturated carbocycles. The van der Waals surface area contributed by atoms with Crippen LogP contribution in [0, 0.1) is 5.92 Å². The molecule has 1 amide bonds. The van der Waals surface area contributed by atoms with Crippen LogP contribution >= 0.6 is 0 Å². The highest BCUT2D eigenvalue weighted by atomic mass is 16.5. The third-order valence-electron chi connectivity index (χ3n) is 6.63. The third kappa shape index (κ3) is 4.86. The Balaban J connectivity index is 1.36. The molecule has 1 aromatic heterocycles. The van der Waals surface area contributed by atoms with Gasteiger partial charge < -0.3 is 9.42 Å². The molecule has 0 aliphatic carbocycles. The molecule has 2 aromatic rings. The fraction of sp³-hybridized carbons (Fsp3) is 0.609. The van der Waals surface area contributed by atoms with E-state index in [2.05, 4.69) is 52.3 Å². The van der Waals surface area contributed by atoms with Gasteiger partial charge in [0.2, 0.25) is 12.3 Å². The first-order valence-electron chi connectivity index (χ1n) is 11.1. The molecule has 2 saturated heterocycles. The van der Waals surface area contributed by atoms with Crippen LogP contribution in [0.3, 0.4) is 0 Å². The van der Waals surface area contributed by atoms with E-state index in [0.29, 0.717) is 11.7 Å². The fourth-order valence-electron chi connectivity index (χ4n) is 4.85. The van der Waals surface area contributed by atoms with E-state index >= 15 is 0 Å². The standard InChI is InChI=1S/C23H32N4O2/c1-18(26-14-11-20(12-15-26)16-19-8-4-2-5-9-19)23(28)27-13-7-3-6-10-21(27)22-24-17-29-25-22/h2,4-5,8-9,17-18,20-21H,3,6-7,10-16H2,1H3. The molecular formula is C23H32N4O2. The molecule has 1 aromatic carbocycles. The molecule has 3 heterocycles. The van der Waals surface area contributed by atoms with Crippen LogP contribution in [0.15, 0.2) is 41.2 Å². The van der Waals surface area contributed by atoms with Crippen LogP contribution in [0.2, 0.25) is 0 Å². The summed E-state index contributed by atoms with van der Waals surface area (Å²) >= 11 is 0. The van der Waals surface area contributed by atoms with Crippen molar-refractivity contribution in [2.45, 2.75) is 64.0 Å². The van der Waals surface area contributed by atoms with Gasteiger partial charge in [-0.05, 0) is 63.6 Å². The molecule has 0 bridgehead atoms. The molecule has 2 unspecified atom stereocenters. The maximum atomic E-state index is 13.4. The Morgan fingerprint density at radius 2 is 1.90 bits per heavy atom. The number of hydrogen-bond acceptors (Lipinski definition) is 5. The monoisotopic (exact) mass is 396 g/mol. The highest BCUT2D eigenvalue weighted by Crippen LogP contribution is 2.30. The smallest absolute Gasteiger partial charge is 0.240 e. The summed E-state index contributed by atoms with van der Waals surface area (Å²) in [7, 11) is 0. The van der Waals surface area contributed by atoms with E-state index in [-0.39, 0.29) is 18.0 Å². The second kappa shape index (κ2) is 9.53. The van der Waals surface area contributed by atoms with E-state index in [1.165, 1.54) is 12.0 Å². The van der Waals surface area contributed by atoms with Crippen molar-refractivity contribution >= 4 is 5.91 Å². The van der Waals surface area contributed by atoms with Crippen LogP contribution in [0.5, 0.6) is 0 Å². The number of benzene rings is 1. The van der Waals surface area contributed by atoms with Gasteiger partial charge in [-0.2, -0.15) is 4.98 Å². The number of amides is 1. The summed E-state index contributed by atoms with van der Waals surface area (Å²) in [6.45, 7) is 4.83. The first kappa shape index (κ1) is 20.1. The Labute approximate surface area is 173 Å². The minimum absolute atomic E-state index is 0.0539. The molecule has 0 N–H and O–H groups in total. The number of nitrogens with zero attached hydrogens (tertiary/aromatic N) is 4. The number of hydrogen-bond donors (Lipinski definition) is 0. The van der Waals surface area contributed by atoms with E-state index in [4.69, 9.17) is 4.52 Å². The van der Waals surface area contributed by atoms with Gasteiger partial charge in [0.25, 0.3) is 0 Å². The first-order chi connectivity index (χ1) is 14.2. The highest BCUT2D eigenvalue weighted by molar-refractivity contribution is 5.82. The van der Waals surface area contributed by atoms with Crippen LogP contribution < -0.4 is 0 Å². The molecule has 2 fully saturated rings. The number of carbonyl (C=O) groups is 1. The van der Waals surface area contributed by atoms with Gasteiger partial charge in [0.15, 0.2) is 5.82 Å². The van der Waals surface area contributed by atoms with Crippen molar-refractivity contribution in [2.75, 3.05) is 19.6 Å². The summed E-state index contributed by atoms with van der Waals surface area (Å²) < 4.78 is 4.96. The summed E-state index contributed by atoms with van der Waals surface area (Å²) in [6.07, 6.45) is 9.02. The van der Waals surface area contributed by atoms with E-state index in [0.717, 1.165) is 64.6 Å². The van der Waals surface area contributed by atoms with E-state index in [1.54, 1.807) is 0 Å². The summed E-state index contributed by atoms with van der Waals surface area (Å²) in [5, 5.41) is 4.04. The van der Waals surface area contributed by atoms with E-state index in [1.807, 2.05) is 4.90 Å². The van der Waals surface area contributed by atoms with E-state index in [9.17, 15) is 4.79 Å². The van der Waals surface area contributed by atoms with Gasteiger partial charge in [-0.3, -0.25) is 9.69 Å². The lowest BCUT2D eigenvalue weighted by molar-refractivity contribution is -0.139. The molecular weight excluding hydrogens is 364 g/mol. The van der Waals surface area contributed by atoms with Crippen molar-refractivity contribution in [3.8, 4) is 0 Å². The Hall–Kier alpha value is -2.21. The summed E-state index contributed by atoms with van der Waals surface area (Å²) in [5.41, 5.74) is 1.42. The average Bonchev–Trinajstić information content (AvgIpc) is 3.18. The zero-order valence-electron chi connectivity index (χ0n) is 17.4. The van der Waals surface area contributed by atoms with Crippen molar-refractivity contribution in [3.05, 3.63) is 48.1 Å². The largest absolute Gasteiger partial charge is 0.343 e. The number of piperidine rings is 1. The average molecular weight is 397 g/mol. The van der Waals surface area contributed by atoms with Crippen LogP contribution in [0.1, 0.15) is 62.9 Å². The molecule has 29 heavy (non-hydrogen) atoms. The fourth-order valence-corrected chi connectivity index (χ4v) is 4.85. The summed E-state index contributed by atoms with van der Waals surface area (Å²) in [4.78, 5) is 22.1. The lowest BCUT2D eigenvalue weighted by atomic mass is 9.89. The zero-order valence-corrected chi connectivity index (χ0v) is 17.4. The highest BCUT2D eigenvalue weighted by Gasteiger charge is 2.35. The molecule has 0 spiro atoms. The SMILES string of the molecule is CC(C(=O)N1CCCCCC1c1ncon1)N1CCC(Cc2ccccc2)CC1. The summed E-state index contributed by atoms with van der Waals surface area (Å²) in [6, 6.07) is 10.6. The van der Waals surface area contributed by atoms with Crippen molar-refractivity contribution < 1.29 is 9.32 Å². The third-order valence-corrected chi connectivity index (χ3v) is 6.63. The lowest BCUT2D eigenvalue weighted by Gasteiger charge is -2.38. The van der Waals surface area contributed by atoms with Crippen molar-refractivity contribution in [2.24, 2.45) is 5.92 Å². The van der Waals surface area contributed by atoms with Crippen LogP contribution in [-0.4, -0.2) is 51.5 Å². The van der Waals surface area contributed by atoms with Gasteiger partial charge in [-0.15, -0.1) is 0 Å². The first-order valence-corrected chi connectivity index (χ1v) is 11.1. The second-order valence-corrected chi connectivity index (χ2v) is 8.53. The van der Waals surface area contributed by atoms with Crippen LogP contribution in [-0.2, 0) is 11.2 Å². The normalized spacial score (nSPS) is 22.9. The van der Waals surface area contributed by atoms with Gasteiger partial charge in [0.05, 0.1) is 12.1 Å². The van der Waals surface area contributed by atoms with Crippen LogP contribution in [0.4, 0.5) is 0 Å². The van der Waals surface area contributed by atoms with E-state index < -0.39 is 0 Å². The molecule has 4 rings (SSSR count). The molecule has 156 valence electrons. The zero-order chi connectivity index (χ0) is 20.1. The maximum Gasteiger partial charge on any atom is 0.240 e. The van der Waals surface area contributed by atoms with Gasteiger partial charge >= 0.3 is 0 Å². The maximum absolute atomic E-state index is 13.4. The van der Waals surface area contributed by atoms with Gasteiger partial charge in [0.1, 0.15) is 0 Å². The number of rotatable bonds is 5. The predicted octanol–water partition coefficient (Wildman–Crippen LogP) is 3.86. The molecule has 6 heteroatoms. The van der Waals surface area contributed by atoms with Crippen molar-refractivity contribution in [1.29, 1.82) is 0 Å². The van der Waals surface area contributed by atoms with Crippen molar-refractivity contribution in [1.82, 2.24) is 19.9 Å². The topological polar surface area (TPSA) is 62.5 Å². The number of likely N-dealkylation sites (tertiary alicyclic amines) is 2. The molecule has 0 radical (unpaired) electrons.